The van der Waals surface area contributed by atoms with Crippen molar-refractivity contribution in [1.29, 1.82) is 0 Å². The summed E-state index contributed by atoms with van der Waals surface area (Å²) in [6.45, 7) is 4.52. The largest absolute Gasteiger partial charge is 0.392 e. The number of carbonyl (C=O) groups excluding carboxylic acids is 1. The zero-order valence-electron chi connectivity index (χ0n) is 18.4. The second kappa shape index (κ2) is 11.6. The first-order valence-electron chi connectivity index (χ1n) is 11.3. The lowest BCUT2D eigenvalue weighted by Gasteiger charge is -2.18. The quantitative estimate of drug-likeness (QED) is 0.288. The predicted molar refractivity (Wildman–Crippen MR) is 118 cm³/mol. The molecule has 1 N–H and O–H groups in total. The topological polar surface area (TPSA) is 40.5 Å². The van der Waals surface area contributed by atoms with Gasteiger partial charge in [-0.1, -0.05) is 62.6 Å². The van der Waals surface area contributed by atoms with Crippen LogP contribution in [0.1, 0.15) is 71.6 Å². The molecule has 0 aromatic rings. The average Bonchev–Trinajstić information content (AvgIpc) is 3.17. The lowest BCUT2D eigenvalue weighted by molar-refractivity contribution is -0.128. The molecule has 0 heterocycles. The zero-order chi connectivity index (χ0) is 20.5. The average molecular weight is 388 g/mol. The van der Waals surface area contributed by atoms with Crippen LogP contribution in [0, 0.1) is 23.7 Å². The van der Waals surface area contributed by atoms with Crippen molar-refractivity contribution in [2.45, 2.75) is 77.7 Å². The van der Waals surface area contributed by atoms with Crippen molar-refractivity contribution in [2.75, 3.05) is 14.1 Å². The van der Waals surface area contributed by atoms with E-state index in [0.717, 1.165) is 32.1 Å². The Bertz CT molecular complexity index is 575. The maximum atomic E-state index is 11.7. The SMILES string of the molecule is CCCC[C@@H](C)/C=C/C=C/[C@@H]1[C@H]2CC(CCCCC(=O)N(C)C)=C[C@H]2C[C@H]1O. The number of rotatable bonds is 11. The number of aliphatic hydroxyl groups is 1. The molecule has 0 unspecified atom stereocenters. The van der Waals surface area contributed by atoms with Crippen LogP contribution < -0.4 is 0 Å². The molecule has 158 valence electrons. The lowest BCUT2D eigenvalue weighted by Crippen LogP contribution is -2.21. The predicted octanol–water partition coefficient (Wildman–Crippen LogP) is 5.52. The van der Waals surface area contributed by atoms with E-state index in [1.165, 1.54) is 19.3 Å². The van der Waals surface area contributed by atoms with Gasteiger partial charge in [-0.05, 0) is 56.3 Å². The number of nitrogens with zero attached hydrogens (tertiary/aromatic N) is 1. The van der Waals surface area contributed by atoms with Crippen molar-refractivity contribution in [3.63, 3.8) is 0 Å². The van der Waals surface area contributed by atoms with Crippen LogP contribution >= 0.6 is 0 Å². The Morgan fingerprint density at radius 3 is 2.79 bits per heavy atom. The summed E-state index contributed by atoms with van der Waals surface area (Å²) in [5, 5.41) is 10.5. The molecule has 0 radical (unpaired) electrons. The van der Waals surface area contributed by atoms with E-state index < -0.39 is 0 Å². The Labute approximate surface area is 172 Å². The highest BCUT2D eigenvalue weighted by molar-refractivity contribution is 5.75. The van der Waals surface area contributed by atoms with Gasteiger partial charge in [0.15, 0.2) is 0 Å². The monoisotopic (exact) mass is 387 g/mol. The molecule has 2 aliphatic rings. The first kappa shape index (κ1) is 22.9. The standard InChI is InChI=1S/C25H41NO2/c1-5-6-11-19(2)12-7-9-14-22-23-17-20(16-21(23)18-24(22)27)13-8-10-15-25(28)26(3)4/h7,9,12,14,16,19,21-24,27H,5-6,8,10-11,13,15,17-18H2,1-4H3/b12-7+,14-9+/t19-,21+,22-,23+,24-/m1/s1. The molecule has 0 aliphatic heterocycles. The second-order valence-electron chi connectivity index (χ2n) is 9.12. The van der Waals surface area contributed by atoms with Crippen molar-refractivity contribution < 1.29 is 9.90 Å². The normalized spacial score (nSPS) is 28.1. The summed E-state index contributed by atoms with van der Waals surface area (Å²) in [5.74, 6) is 2.24. The van der Waals surface area contributed by atoms with Crippen LogP contribution in [-0.4, -0.2) is 36.1 Å². The number of fused-ring (bicyclic) bond motifs is 1. The van der Waals surface area contributed by atoms with E-state index in [1.807, 2.05) is 14.1 Å². The van der Waals surface area contributed by atoms with Crippen molar-refractivity contribution in [2.24, 2.45) is 23.7 Å². The molecule has 3 heteroatoms. The number of carbonyl (C=O) groups is 1. The van der Waals surface area contributed by atoms with Crippen molar-refractivity contribution >= 4 is 5.91 Å². The van der Waals surface area contributed by atoms with Gasteiger partial charge in [0.05, 0.1) is 6.10 Å². The molecule has 3 nitrogen and oxygen atoms in total. The molecule has 2 rings (SSSR count). The lowest BCUT2D eigenvalue weighted by atomic mass is 9.88. The fraction of sp³-hybridized carbons (Fsp3) is 0.720. The first-order valence-corrected chi connectivity index (χ1v) is 11.3. The van der Waals surface area contributed by atoms with Gasteiger partial charge in [-0.3, -0.25) is 4.79 Å². The van der Waals surface area contributed by atoms with Gasteiger partial charge in [0.2, 0.25) is 5.91 Å². The van der Waals surface area contributed by atoms with Crippen LogP contribution in [0.4, 0.5) is 0 Å². The smallest absolute Gasteiger partial charge is 0.222 e. The fourth-order valence-corrected chi connectivity index (χ4v) is 4.71. The molecule has 1 fully saturated rings. The van der Waals surface area contributed by atoms with Gasteiger partial charge < -0.3 is 10.0 Å². The minimum Gasteiger partial charge on any atom is -0.392 e. The zero-order valence-corrected chi connectivity index (χ0v) is 18.4. The van der Waals surface area contributed by atoms with Crippen LogP contribution in [0.5, 0.6) is 0 Å². The Morgan fingerprint density at radius 1 is 1.29 bits per heavy atom. The van der Waals surface area contributed by atoms with Gasteiger partial charge in [-0.2, -0.15) is 0 Å². The van der Waals surface area contributed by atoms with Crippen LogP contribution in [0.2, 0.25) is 0 Å². The Morgan fingerprint density at radius 2 is 2.07 bits per heavy atom. The number of amides is 1. The molecule has 5 atom stereocenters. The van der Waals surface area contributed by atoms with Gasteiger partial charge >= 0.3 is 0 Å². The summed E-state index contributed by atoms with van der Waals surface area (Å²) in [7, 11) is 3.64. The molecular weight excluding hydrogens is 346 g/mol. The maximum Gasteiger partial charge on any atom is 0.222 e. The minimum atomic E-state index is -0.201. The van der Waals surface area contributed by atoms with Crippen LogP contribution in [0.3, 0.4) is 0 Å². The van der Waals surface area contributed by atoms with Crippen molar-refractivity contribution in [3.05, 3.63) is 36.0 Å². The molecule has 28 heavy (non-hydrogen) atoms. The van der Waals surface area contributed by atoms with Crippen LogP contribution in [0.15, 0.2) is 36.0 Å². The van der Waals surface area contributed by atoms with E-state index in [0.29, 0.717) is 24.2 Å². The van der Waals surface area contributed by atoms with E-state index in [1.54, 1.807) is 10.5 Å². The molecule has 1 amide bonds. The van der Waals surface area contributed by atoms with Crippen molar-refractivity contribution in [1.82, 2.24) is 4.90 Å². The molecule has 0 aromatic carbocycles. The highest BCUT2D eigenvalue weighted by atomic mass is 16.3. The molecule has 0 saturated heterocycles. The van der Waals surface area contributed by atoms with Crippen LogP contribution in [-0.2, 0) is 4.79 Å². The van der Waals surface area contributed by atoms with E-state index in [9.17, 15) is 9.90 Å². The van der Waals surface area contributed by atoms with E-state index >= 15 is 0 Å². The summed E-state index contributed by atoms with van der Waals surface area (Å²) in [4.78, 5) is 13.3. The van der Waals surface area contributed by atoms with E-state index in [-0.39, 0.29) is 17.9 Å². The third-order valence-corrected chi connectivity index (χ3v) is 6.48. The van der Waals surface area contributed by atoms with Gasteiger partial charge in [-0.15, -0.1) is 0 Å². The third-order valence-electron chi connectivity index (χ3n) is 6.48. The summed E-state index contributed by atoms with van der Waals surface area (Å²) in [6.07, 6.45) is 20.7. The number of hydrogen-bond donors (Lipinski definition) is 1. The second-order valence-corrected chi connectivity index (χ2v) is 9.12. The number of hydrogen-bond acceptors (Lipinski definition) is 2. The fourth-order valence-electron chi connectivity index (χ4n) is 4.71. The molecule has 0 aromatic heterocycles. The van der Waals surface area contributed by atoms with Crippen LogP contribution in [0.25, 0.3) is 0 Å². The molecular formula is C25H41NO2. The van der Waals surface area contributed by atoms with Gasteiger partial charge in [0.1, 0.15) is 0 Å². The van der Waals surface area contributed by atoms with Gasteiger partial charge in [0, 0.05) is 26.4 Å². The maximum absolute atomic E-state index is 11.7. The molecule has 0 bridgehead atoms. The molecule has 0 spiro atoms. The number of unbranched alkanes of at least 4 members (excludes halogenated alkanes) is 2. The summed E-state index contributed by atoms with van der Waals surface area (Å²) >= 11 is 0. The first-order chi connectivity index (χ1) is 13.4. The van der Waals surface area contributed by atoms with E-state index in [4.69, 9.17) is 0 Å². The summed E-state index contributed by atoms with van der Waals surface area (Å²) < 4.78 is 0. The van der Waals surface area contributed by atoms with E-state index in [2.05, 4.69) is 44.2 Å². The Hall–Kier alpha value is -1.35. The number of aliphatic hydroxyl groups excluding tert-OH is 1. The minimum absolute atomic E-state index is 0.201. The van der Waals surface area contributed by atoms with Crippen molar-refractivity contribution in [3.8, 4) is 0 Å². The van der Waals surface area contributed by atoms with Gasteiger partial charge in [-0.25, -0.2) is 0 Å². The summed E-state index contributed by atoms with van der Waals surface area (Å²) in [5.41, 5.74) is 1.54. The highest BCUT2D eigenvalue weighted by Crippen LogP contribution is 2.48. The number of allylic oxidation sites excluding steroid dienone is 5. The summed E-state index contributed by atoms with van der Waals surface area (Å²) in [6, 6.07) is 0. The third kappa shape index (κ3) is 6.92. The Balaban J connectivity index is 1.76. The highest BCUT2D eigenvalue weighted by Gasteiger charge is 2.42. The Kier molecular flexibility index (Phi) is 9.50. The molecule has 1 saturated carbocycles. The molecule has 2 aliphatic carbocycles. The van der Waals surface area contributed by atoms with Gasteiger partial charge in [0.25, 0.3) is 0 Å².